The van der Waals surface area contributed by atoms with E-state index in [1.54, 1.807) is 6.92 Å². The summed E-state index contributed by atoms with van der Waals surface area (Å²) in [6.45, 7) is 8.90. The van der Waals surface area contributed by atoms with E-state index in [0.29, 0.717) is 24.8 Å². The van der Waals surface area contributed by atoms with Crippen LogP contribution in [0.15, 0.2) is 23.8 Å². The lowest BCUT2D eigenvalue weighted by molar-refractivity contribution is -0.145. The van der Waals surface area contributed by atoms with Crippen LogP contribution in [0.4, 0.5) is 0 Å². The largest absolute Gasteiger partial charge is 0.458 e. The van der Waals surface area contributed by atoms with Crippen LogP contribution in [0.3, 0.4) is 0 Å². The molecular weight excluding hydrogens is 284 g/mol. The summed E-state index contributed by atoms with van der Waals surface area (Å²) in [6.07, 6.45) is 2.56. The molecule has 0 unspecified atom stereocenters. The van der Waals surface area contributed by atoms with E-state index in [1.807, 2.05) is 13.0 Å². The standard InChI is InChI=1S/C17H24O5/c1-9-7-15-14(11(3)17(20)22-15)6-5-13(9)16(8-10(2)18)21-12(4)19/h5,9-10,14-16,18H,3,6-8H2,1-2,4H3/t9-,10+,14+,15-,16+/m0/s1. The fourth-order valence-corrected chi connectivity index (χ4v) is 3.34. The molecule has 0 aromatic heterocycles. The Morgan fingerprint density at radius 3 is 2.86 bits per heavy atom. The molecule has 2 aliphatic rings. The average Bonchev–Trinajstić information content (AvgIpc) is 2.56. The van der Waals surface area contributed by atoms with Gasteiger partial charge < -0.3 is 14.6 Å². The Morgan fingerprint density at radius 2 is 2.27 bits per heavy atom. The third kappa shape index (κ3) is 3.58. The highest BCUT2D eigenvalue weighted by Crippen LogP contribution is 2.39. The third-order valence-electron chi connectivity index (χ3n) is 4.41. The molecule has 1 fully saturated rings. The highest BCUT2D eigenvalue weighted by molar-refractivity contribution is 5.90. The fourth-order valence-electron chi connectivity index (χ4n) is 3.34. The van der Waals surface area contributed by atoms with Crippen molar-refractivity contribution >= 4 is 11.9 Å². The summed E-state index contributed by atoms with van der Waals surface area (Å²) >= 11 is 0. The van der Waals surface area contributed by atoms with Crippen LogP contribution < -0.4 is 0 Å². The highest BCUT2D eigenvalue weighted by Gasteiger charge is 2.41. The van der Waals surface area contributed by atoms with Gasteiger partial charge in [-0.3, -0.25) is 4.79 Å². The average molecular weight is 308 g/mol. The van der Waals surface area contributed by atoms with Crippen molar-refractivity contribution in [3.05, 3.63) is 23.8 Å². The lowest BCUT2D eigenvalue weighted by atomic mass is 9.88. The minimum Gasteiger partial charge on any atom is -0.458 e. The number of hydrogen-bond donors (Lipinski definition) is 1. The number of esters is 2. The Balaban J connectivity index is 2.21. The second-order valence-electron chi connectivity index (χ2n) is 6.33. The van der Waals surface area contributed by atoms with Crippen LogP contribution >= 0.6 is 0 Å². The first-order chi connectivity index (χ1) is 10.3. The Hall–Kier alpha value is -1.62. The summed E-state index contributed by atoms with van der Waals surface area (Å²) in [5.74, 6) is -0.563. The first-order valence-corrected chi connectivity index (χ1v) is 7.74. The van der Waals surface area contributed by atoms with E-state index in [1.165, 1.54) is 6.92 Å². The van der Waals surface area contributed by atoms with E-state index < -0.39 is 12.2 Å². The number of carbonyl (C=O) groups excluding carboxylic acids is 2. The van der Waals surface area contributed by atoms with Crippen LogP contribution in [-0.4, -0.2) is 35.4 Å². The first kappa shape index (κ1) is 16.7. The molecule has 0 spiro atoms. The van der Waals surface area contributed by atoms with Crippen LogP contribution in [0.2, 0.25) is 0 Å². The highest BCUT2D eigenvalue weighted by atomic mass is 16.6. The van der Waals surface area contributed by atoms with E-state index in [9.17, 15) is 14.7 Å². The normalized spacial score (nSPS) is 30.7. The quantitative estimate of drug-likeness (QED) is 0.489. The van der Waals surface area contributed by atoms with E-state index in [0.717, 1.165) is 5.57 Å². The Kier molecular flexibility index (Phi) is 5.06. The van der Waals surface area contributed by atoms with Gasteiger partial charge in [0.1, 0.15) is 12.2 Å². The maximum atomic E-state index is 11.6. The molecule has 2 rings (SSSR count). The number of rotatable bonds is 4. The van der Waals surface area contributed by atoms with Gasteiger partial charge in [0.2, 0.25) is 0 Å². The van der Waals surface area contributed by atoms with Gasteiger partial charge in [0.25, 0.3) is 0 Å². The summed E-state index contributed by atoms with van der Waals surface area (Å²) in [5.41, 5.74) is 1.52. The number of fused-ring (bicyclic) bond motifs is 1. The molecule has 0 saturated carbocycles. The predicted octanol–water partition coefficient (Wildman–Crippen LogP) is 2.14. The van der Waals surface area contributed by atoms with Crippen molar-refractivity contribution in [2.24, 2.45) is 11.8 Å². The molecule has 0 bridgehead atoms. The van der Waals surface area contributed by atoms with E-state index in [4.69, 9.17) is 9.47 Å². The van der Waals surface area contributed by atoms with Crippen molar-refractivity contribution in [2.45, 2.75) is 58.3 Å². The number of hydrogen-bond acceptors (Lipinski definition) is 5. The number of carbonyl (C=O) groups is 2. The van der Waals surface area contributed by atoms with Gasteiger partial charge in [-0.15, -0.1) is 0 Å². The molecule has 5 atom stereocenters. The molecule has 122 valence electrons. The van der Waals surface area contributed by atoms with Crippen LogP contribution in [0.1, 0.15) is 40.0 Å². The molecule has 0 radical (unpaired) electrons. The summed E-state index contributed by atoms with van der Waals surface area (Å²) in [4.78, 5) is 23.0. The Morgan fingerprint density at radius 1 is 1.59 bits per heavy atom. The zero-order valence-electron chi connectivity index (χ0n) is 13.4. The monoisotopic (exact) mass is 308 g/mol. The van der Waals surface area contributed by atoms with Crippen molar-refractivity contribution in [3.8, 4) is 0 Å². The van der Waals surface area contributed by atoms with Gasteiger partial charge in [0, 0.05) is 24.8 Å². The fraction of sp³-hybridized carbons (Fsp3) is 0.647. The molecule has 1 saturated heterocycles. The van der Waals surface area contributed by atoms with Crippen molar-refractivity contribution < 1.29 is 24.2 Å². The van der Waals surface area contributed by atoms with Gasteiger partial charge in [-0.2, -0.15) is 0 Å². The van der Waals surface area contributed by atoms with Gasteiger partial charge in [0.05, 0.1) is 6.10 Å². The number of aliphatic hydroxyl groups excluding tert-OH is 1. The van der Waals surface area contributed by atoms with E-state index in [-0.39, 0.29) is 29.9 Å². The zero-order chi connectivity index (χ0) is 16.4. The van der Waals surface area contributed by atoms with Gasteiger partial charge in [0.15, 0.2) is 0 Å². The summed E-state index contributed by atoms with van der Waals surface area (Å²) in [6, 6.07) is 0. The number of aliphatic hydroxyl groups is 1. The first-order valence-electron chi connectivity index (χ1n) is 7.74. The Bertz CT molecular complexity index is 505. The smallest absolute Gasteiger partial charge is 0.334 e. The predicted molar refractivity (Wildman–Crippen MR) is 80.8 cm³/mol. The number of allylic oxidation sites excluding steroid dienone is 1. The van der Waals surface area contributed by atoms with Crippen molar-refractivity contribution in [3.63, 3.8) is 0 Å². The molecule has 22 heavy (non-hydrogen) atoms. The van der Waals surface area contributed by atoms with Crippen molar-refractivity contribution in [1.82, 2.24) is 0 Å². The summed E-state index contributed by atoms with van der Waals surface area (Å²) in [5, 5.41) is 9.66. The van der Waals surface area contributed by atoms with Crippen molar-refractivity contribution in [2.75, 3.05) is 0 Å². The van der Waals surface area contributed by atoms with Gasteiger partial charge in [-0.1, -0.05) is 19.6 Å². The minimum atomic E-state index is -0.562. The molecule has 1 aliphatic carbocycles. The molecular formula is C17H24O5. The lowest BCUT2D eigenvalue weighted by Gasteiger charge is -2.26. The maximum Gasteiger partial charge on any atom is 0.334 e. The molecule has 5 nitrogen and oxygen atoms in total. The molecule has 1 heterocycles. The lowest BCUT2D eigenvalue weighted by Crippen LogP contribution is -2.27. The second kappa shape index (κ2) is 6.65. The topological polar surface area (TPSA) is 72.8 Å². The van der Waals surface area contributed by atoms with E-state index >= 15 is 0 Å². The van der Waals surface area contributed by atoms with Crippen LogP contribution in [0, 0.1) is 11.8 Å². The maximum absolute atomic E-state index is 11.6. The third-order valence-corrected chi connectivity index (χ3v) is 4.41. The summed E-state index contributed by atoms with van der Waals surface area (Å²) in [7, 11) is 0. The summed E-state index contributed by atoms with van der Waals surface area (Å²) < 4.78 is 10.8. The molecule has 0 aromatic carbocycles. The molecule has 1 aliphatic heterocycles. The van der Waals surface area contributed by atoms with Crippen LogP contribution in [-0.2, 0) is 19.1 Å². The van der Waals surface area contributed by atoms with Crippen molar-refractivity contribution in [1.29, 1.82) is 0 Å². The Labute approximate surface area is 131 Å². The minimum absolute atomic E-state index is 0.00280. The molecule has 5 heteroatoms. The van der Waals surface area contributed by atoms with Gasteiger partial charge in [-0.05, 0) is 31.3 Å². The molecule has 0 aromatic rings. The van der Waals surface area contributed by atoms with Gasteiger partial charge in [-0.25, -0.2) is 4.79 Å². The zero-order valence-corrected chi connectivity index (χ0v) is 13.4. The van der Waals surface area contributed by atoms with Crippen LogP contribution in [0.25, 0.3) is 0 Å². The van der Waals surface area contributed by atoms with Crippen LogP contribution in [0.5, 0.6) is 0 Å². The SMILES string of the molecule is C=C1C(=O)O[C@H]2C[C@H](C)C([C@@H](C[C@@H](C)O)OC(C)=O)=CC[C@H]12. The molecule has 0 amide bonds. The van der Waals surface area contributed by atoms with Gasteiger partial charge >= 0.3 is 11.9 Å². The molecule has 1 N–H and O–H groups in total. The number of ether oxygens (including phenoxy) is 2. The second-order valence-corrected chi connectivity index (χ2v) is 6.33. The van der Waals surface area contributed by atoms with E-state index in [2.05, 4.69) is 6.58 Å².